The van der Waals surface area contributed by atoms with Gasteiger partial charge in [0.1, 0.15) is 5.83 Å². The van der Waals surface area contributed by atoms with E-state index < -0.39 is 0 Å². The Bertz CT molecular complexity index is 372. The van der Waals surface area contributed by atoms with Crippen molar-refractivity contribution in [2.24, 2.45) is 0 Å². The number of hydrogen-bond donors (Lipinski definition) is 0. The molecule has 1 aliphatic heterocycles. The summed E-state index contributed by atoms with van der Waals surface area (Å²) in [5.74, 6) is -0.179. The number of thiophene rings is 1. The lowest BCUT2D eigenvalue weighted by Crippen LogP contribution is -2.36. The number of amides is 1. The van der Waals surface area contributed by atoms with Gasteiger partial charge in [0.15, 0.2) is 0 Å². The van der Waals surface area contributed by atoms with Crippen LogP contribution in [0.4, 0.5) is 4.39 Å². The van der Waals surface area contributed by atoms with Crippen LogP contribution in [0.3, 0.4) is 0 Å². The van der Waals surface area contributed by atoms with E-state index in [1.165, 1.54) is 0 Å². The summed E-state index contributed by atoms with van der Waals surface area (Å²) in [6.07, 6.45) is 2.57. The number of nitrogens with zero attached hydrogens (tertiary/aromatic N) is 1. The van der Waals surface area contributed by atoms with Crippen molar-refractivity contribution < 1.29 is 9.18 Å². The summed E-state index contributed by atoms with van der Waals surface area (Å²) in [4.78, 5) is 14.4. The normalized spacial score (nSPS) is 16.3. The zero-order chi connectivity index (χ0) is 10.7. The molecule has 0 spiro atoms. The molecule has 0 saturated heterocycles. The molecule has 0 fully saturated rings. The second-order valence-electron chi connectivity index (χ2n) is 3.51. The van der Waals surface area contributed by atoms with Crippen LogP contribution >= 0.6 is 11.3 Å². The van der Waals surface area contributed by atoms with E-state index in [1.54, 1.807) is 22.3 Å². The summed E-state index contributed by atoms with van der Waals surface area (Å²) < 4.78 is 12.9. The molecule has 4 heteroatoms. The molecule has 1 aliphatic rings. The number of halogens is 1. The van der Waals surface area contributed by atoms with Crippen molar-refractivity contribution in [2.75, 3.05) is 13.1 Å². The molecule has 80 valence electrons. The van der Waals surface area contributed by atoms with Crippen LogP contribution in [0, 0.1) is 0 Å². The molecule has 0 saturated carbocycles. The van der Waals surface area contributed by atoms with Crippen LogP contribution in [0.25, 0.3) is 0 Å². The van der Waals surface area contributed by atoms with Crippen LogP contribution in [0.1, 0.15) is 11.3 Å². The molecule has 2 heterocycles. The van der Waals surface area contributed by atoms with E-state index in [-0.39, 0.29) is 18.3 Å². The van der Waals surface area contributed by atoms with E-state index in [9.17, 15) is 9.18 Å². The van der Waals surface area contributed by atoms with Crippen molar-refractivity contribution in [3.05, 3.63) is 34.3 Å². The first-order chi connectivity index (χ1) is 7.25. The third-order valence-electron chi connectivity index (χ3n) is 2.37. The maximum Gasteiger partial charge on any atom is 0.228 e. The number of rotatable bonds is 2. The largest absolute Gasteiger partial charge is 0.335 e. The van der Waals surface area contributed by atoms with Gasteiger partial charge in [-0.3, -0.25) is 4.79 Å². The van der Waals surface area contributed by atoms with E-state index in [1.807, 2.05) is 17.5 Å². The van der Waals surface area contributed by atoms with E-state index >= 15 is 0 Å². The second-order valence-corrected chi connectivity index (χ2v) is 4.54. The molecular weight excluding hydrogens is 213 g/mol. The first-order valence-electron chi connectivity index (χ1n) is 4.90. The van der Waals surface area contributed by atoms with E-state index in [2.05, 4.69) is 0 Å². The molecule has 15 heavy (non-hydrogen) atoms. The standard InChI is InChI=1S/C11H12FNOS/c12-9-3-1-5-13(8-9)11(14)7-10-4-2-6-15-10/h2-4,6H,1,5,7-8H2. The van der Waals surface area contributed by atoms with E-state index in [0.717, 1.165) is 4.88 Å². The molecule has 0 unspecified atom stereocenters. The van der Waals surface area contributed by atoms with Gasteiger partial charge in [0, 0.05) is 11.4 Å². The van der Waals surface area contributed by atoms with Crippen LogP contribution < -0.4 is 0 Å². The quantitative estimate of drug-likeness (QED) is 0.756. The predicted octanol–water partition coefficient (Wildman–Crippen LogP) is 2.38. The molecule has 0 atom stereocenters. The SMILES string of the molecule is O=C(Cc1cccs1)N1CCC=C(F)C1. The lowest BCUT2D eigenvalue weighted by atomic mass is 10.2. The molecule has 0 aliphatic carbocycles. The van der Waals surface area contributed by atoms with Gasteiger partial charge in [-0.15, -0.1) is 11.3 Å². The summed E-state index contributed by atoms with van der Waals surface area (Å²) in [6.45, 7) is 0.780. The predicted molar refractivity (Wildman–Crippen MR) is 58.4 cm³/mol. The fourth-order valence-corrected chi connectivity index (χ4v) is 2.29. The van der Waals surface area contributed by atoms with Crippen LogP contribution in [0.5, 0.6) is 0 Å². The van der Waals surface area contributed by atoms with Crippen LogP contribution in [-0.2, 0) is 11.2 Å². The van der Waals surface area contributed by atoms with Crippen molar-refractivity contribution in [2.45, 2.75) is 12.8 Å². The first-order valence-corrected chi connectivity index (χ1v) is 5.78. The van der Waals surface area contributed by atoms with Gasteiger partial charge in [-0.1, -0.05) is 6.07 Å². The summed E-state index contributed by atoms with van der Waals surface area (Å²) in [5.41, 5.74) is 0. The van der Waals surface area contributed by atoms with Gasteiger partial charge in [-0.05, 0) is 23.9 Å². The van der Waals surface area contributed by atoms with Crippen LogP contribution in [-0.4, -0.2) is 23.9 Å². The van der Waals surface area contributed by atoms with Crippen molar-refractivity contribution in [1.82, 2.24) is 4.90 Å². The Labute approximate surface area is 92.0 Å². The van der Waals surface area contributed by atoms with Gasteiger partial charge < -0.3 is 4.90 Å². The zero-order valence-corrected chi connectivity index (χ0v) is 9.10. The van der Waals surface area contributed by atoms with Crippen molar-refractivity contribution in [3.8, 4) is 0 Å². The fraction of sp³-hybridized carbons (Fsp3) is 0.364. The number of carbonyl (C=O) groups excluding carboxylic acids is 1. The highest BCUT2D eigenvalue weighted by molar-refractivity contribution is 7.10. The van der Waals surface area contributed by atoms with Gasteiger partial charge >= 0.3 is 0 Å². The number of hydrogen-bond acceptors (Lipinski definition) is 2. The van der Waals surface area contributed by atoms with Gasteiger partial charge in [-0.2, -0.15) is 0 Å². The average molecular weight is 225 g/mol. The minimum Gasteiger partial charge on any atom is -0.335 e. The Kier molecular flexibility index (Phi) is 3.16. The summed E-state index contributed by atoms with van der Waals surface area (Å²) in [5, 5.41) is 1.94. The maximum atomic E-state index is 12.9. The van der Waals surface area contributed by atoms with Gasteiger partial charge in [0.05, 0.1) is 13.0 Å². The number of carbonyl (C=O) groups is 1. The Morgan fingerprint density at radius 2 is 2.47 bits per heavy atom. The smallest absolute Gasteiger partial charge is 0.228 e. The molecule has 0 aromatic carbocycles. The van der Waals surface area contributed by atoms with Crippen molar-refractivity contribution in [3.63, 3.8) is 0 Å². The highest BCUT2D eigenvalue weighted by atomic mass is 32.1. The summed E-state index contributed by atoms with van der Waals surface area (Å²) >= 11 is 1.56. The molecule has 0 radical (unpaired) electrons. The third-order valence-corrected chi connectivity index (χ3v) is 3.24. The van der Waals surface area contributed by atoms with Crippen molar-refractivity contribution in [1.29, 1.82) is 0 Å². The van der Waals surface area contributed by atoms with E-state index in [0.29, 0.717) is 19.4 Å². The summed E-state index contributed by atoms with van der Waals surface area (Å²) in [6, 6.07) is 3.85. The molecule has 1 aromatic rings. The minimum absolute atomic E-state index is 0.0145. The third kappa shape index (κ3) is 2.65. The lowest BCUT2D eigenvalue weighted by molar-refractivity contribution is -0.130. The molecule has 1 amide bonds. The fourth-order valence-electron chi connectivity index (χ4n) is 1.59. The van der Waals surface area contributed by atoms with Crippen molar-refractivity contribution >= 4 is 17.2 Å². The zero-order valence-electron chi connectivity index (χ0n) is 8.28. The monoisotopic (exact) mass is 225 g/mol. The second kappa shape index (κ2) is 4.57. The molecule has 1 aromatic heterocycles. The van der Waals surface area contributed by atoms with Gasteiger partial charge in [0.2, 0.25) is 5.91 Å². The van der Waals surface area contributed by atoms with E-state index in [4.69, 9.17) is 0 Å². The molecule has 0 N–H and O–H groups in total. The van der Waals surface area contributed by atoms with Gasteiger partial charge in [-0.25, -0.2) is 4.39 Å². The molecule has 0 bridgehead atoms. The Hall–Kier alpha value is -1.16. The Balaban J connectivity index is 1.94. The minimum atomic E-state index is -0.194. The summed E-state index contributed by atoms with van der Waals surface area (Å²) in [7, 11) is 0. The highest BCUT2D eigenvalue weighted by Crippen LogP contribution is 2.14. The lowest BCUT2D eigenvalue weighted by Gasteiger charge is -2.24. The molecule has 2 rings (SSSR count). The first kappa shape index (κ1) is 10.4. The Morgan fingerprint density at radius 1 is 1.60 bits per heavy atom. The Morgan fingerprint density at radius 3 is 3.13 bits per heavy atom. The topological polar surface area (TPSA) is 20.3 Å². The van der Waals surface area contributed by atoms with Crippen LogP contribution in [0.2, 0.25) is 0 Å². The van der Waals surface area contributed by atoms with Crippen LogP contribution in [0.15, 0.2) is 29.4 Å². The molecular formula is C11H12FNOS. The molecule has 2 nitrogen and oxygen atoms in total. The average Bonchev–Trinajstić information content (AvgIpc) is 2.70. The maximum absolute atomic E-state index is 12.9. The van der Waals surface area contributed by atoms with Gasteiger partial charge in [0.25, 0.3) is 0 Å². The highest BCUT2D eigenvalue weighted by Gasteiger charge is 2.18.